The van der Waals surface area contributed by atoms with Gasteiger partial charge in [0.1, 0.15) is 5.60 Å². The standard InChI is InChI=1S/C14H19NO3/c1-14(2,3)18-13(17)15-11(9-16)12(15)10-7-5-4-6-8-10/h4-8,11-12,16H,9H2,1-3H3/t11-,12-,15?/m1/s1. The first-order chi connectivity index (χ1) is 8.44. The third-order valence-electron chi connectivity index (χ3n) is 2.86. The van der Waals surface area contributed by atoms with E-state index in [2.05, 4.69) is 0 Å². The molecule has 0 spiro atoms. The maximum absolute atomic E-state index is 12.0. The molecule has 0 unspecified atom stereocenters. The van der Waals surface area contributed by atoms with Gasteiger partial charge in [-0.25, -0.2) is 4.79 Å². The van der Waals surface area contributed by atoms with Crippen LogP contribution < -0.4 is 0 Å². The van der Waals surface area contributed by atoms with E-state index in [0.717, 1.165) is 5.56 Å². The quantitative estimate of drug-likeness (QED) is 0.818. The van der Waals surface area contributed by atoms with Gasteiger partial charge in [0.2, 0.25) is 0 Å². The molecular formula is C14H19NO3. The summed E-state index contributed by atoms with van der Waals surface area (Å²) in [7, 11) is 0. The van der Waals surface area contributed by atoms with Gasteiger partial charge in [-0.2, -0.15) is 0 Å². The first kappa shape index (κ1) is 12.9. The van der Waals surface area contributed by atoms with Crippen molar-refractivity contribution in [3.63, 3.8) is 0 Å². The Bertz CT molecular complexity index is 424. The van der Waals surface area contributed by atoms with Crippen LogP contribution in [0.2, 0.25) is 0 Å². The van der Waals surface area contributed by atoms with Gasteiger partial charge in [0.25, 0.3) is 0 Å². The third kappa shape index (κ3) is 2.64. The Morgan fingerprint density at radius 1 is 1.33 bits per heavy atom. The monoisotopic (exact) mass is 249 g/mol. The minimum absolute atomic E-state index is 0.0429. The lowest BCUT2D eigenvalue weighted by molar-refractivity contribution is 0.0382. The van der Waals surface area contributed by atoms with Crippen molar-refractivity contribution < 1.29 is 14.6 Å². The lowest BCUT2D eigenvalue weighted by Crippen LogP contribution is -2.28. The number of rotatable bonds is 2. The molecule has 1 aliphatic rings. The molecule has 4 heteroatoms. The van der Waals surface area contributed by atoms with Crippen molar-refractivity contribution in [1.82, 2.24) is 4.90 Å². The van der Waals surface area contributed by atoms with Crippen LogP contribution in [-0.4, -0.2) is 34.3 Å². The Balaban J connectivity index is 2.09. The Kier molecular flexibility index (Phi) is 3.30. The average Bonchev–Trinajstić information content (AvgIpc) is 3.02. The van der Waals surface area contributed by atoms with Gasteiger partial charge in [0.05, 0.1) is 18.7 Å². The molecule has 0 bridgehead atoms. The largest absolute Gasteiger partial charge is 0.444 e. The van der Waals surface area contributed by atoms with Gasteiger partial charge in [0.15, 0.2) is 0 Å². The van der Waals surface area contributed by atoms with E-state index in [1.54, 1.807) is 4.90 Å². The fourth-order valence-electron chi connectivity index (χ4n) is 2.06. The number of nitrogens with zero attached hydrogens (tertiary/aromatic N) is 1. The van der Waals surface area contributed by atoms with Crippen LogP contribution in [0.1, 0.15) is 32.4 Å². The van der Waals surface area contributed by atoms with E-state index >= 15 is 0 Å². The molecule has 1 N–H and O–H groups in total. The molecule has 2 atom stereocenters. The smallest absolute Gasteiger partial charge is 0.411 e. The minimum Gasteiger partial charge on any atom is -0.444 e. The van der Waals surface area contributed by atoms with Gasteiger partial charge in [-0.1, -0.05) is 30.3 Å². The molecule has 4 nitrogen and oxygen atoms in total. The normalized spacial score (nSPS) is 22.8. The summed E-state index contributed by atoms with van der Waals surface area (Å²) < 4.78 is 5.32. The fraction of sp³-hybridized carbons (Fsp3) is 0.500. The summed E-state index contributed by atoms with van der Waals surface area (Å²) in [6.07, 6.45) is -0.365. The number of aliphatic hydroxyl groups excluding tert-OH is 1. The van der Waals surface area contributed by atoms with Crippen molar-refractivity contribution in [3.05, 3.63) is 35.9 Å². The lowest BCUT2D eigenvalue weighted by atomic mass is 10.1. The molecule has 1 saturated heterocycles. The molecule has 0 aromatic heterocycles. The second kappa shape index (κ2) is 4.61. The number of aliphatic hydroxyl groups is 1. The van der Waals surface area contributed by atoms with Crippen molar-refractivity contribution in [2.45, 2.75) is 38.5 Å². The molecule has 0 aliphatic carbocycles. The van der Waals surface area contributed by atoms with Crippen LogP contribution >= 0.6 is 0 Å². The number of carbonyl (C=O) groups is 1. The summed E-state index contributed by atoms with van der Waals surface area (Å²) in [6.45, 7) is 5.46. The molecule has 1 heterocycles. The third-order valence-corrected chi connectivity index (χ3v) is 2.86. The van der Waals surface area contributed by atoms with Gasteiger partial charge >= 0.3 is 6.09 Å². The van der Waals surface area contributed by atoms with Crippen LogP contribution in [-0.2, 0) is 4.74 Å². The molecule has 0 radical (unpaired) electrons. The zero-order valence-corrected chi connectivity index (χ0v) is 11.0. The van der Waals surface area contributed by atoms with Gasteiger partial charge < -0.3 is 9.84 Å². The van der Waals surface area contributed by atoms with E-state index in [9.17, 15) is 9.90 Å². The minimum atomic E-state index is -0.513. The number of hydrogen-bond acceptors (Lipinski definition) is 3. The first-order valence-electron chi connectivity index (χ1n) is 6.11. The predicted octanol–water partition coefficient (Wildman–Crippen LogP) is 2.34. The van der Waals surface area contributed by atoms with Crippen molar-refractivity contribution >= 4 is 6.09 Å². The van der Waals surface area contributed by atoms with Crippen molar-refractivity contribution in [2.75, 3.05) is 6.61 Å². The lowest BCUT2D eigenvalue weighted by Gasteiger charge is -2.20. The number of hydrogen-bond donors (Lipinski definition) is 1. The van der Waals surface area contributed by atoms with Gasteiger partial charge in [-0.05, 0) is 26.3 Å². The van der Waals surface area contributed by atoms with E-state index in [-0.39, 0.29) is 24.8 Å². The molecule has 98 valence electrons. The topological polar surface area (TPSA) is 49.5 Å². The summed E-state index contributed by atoms with van der Waals surface area (Å²) in [4.78, 5) is 13.6. The molecule has 2 rings (SSSR count). The number of amides is 1. The summed E-state index contributed by atoms with van der Waals surface area (Å²) in [5.74, 6) is 0. The SMILES string of the molecule is CC(C)(C)OC(=O)N1[C@H](CO)[C@H]1c1ccccc1. The maximum atomic E-state index is 12.0. The molecular weight excluding hydrogens is 230 g/mol. The Hall–Kier alpha value is -1.55. The molecule has 1 aliphatic heterocycles. The second-order valence-electron chi connectivity index (χ2n) is 5.49. The van der Waals surface area contributed by atoms with Gasteiger partial charge in [-0.3, -0.25) is 4.90 Å². The zero-order chi connectivity index (χ0) is 13.3. The van der Waals surface area contributed by atoms with Gasteiger partial charge in [0, 0.05) is 0 Å². The maximum Gasteiger partial charge on any atom is 0.411 e. The zero-order valence-electron chi connectivity index (χ0n) is 11.0. The molecule has 0 saturated carbocycles. The summed E-state index contributed by atoms with van der Waals surface area (Å²) in [6, 6.07) is 9.46. The Labute approximate surface area is 107 Å². The van der Waals surface area contributed by atoms with E-state index in [0.29, 0.717) is 0 Å². The van der Waals surface area contributed by atoms with Crippen molar-refractivity contribution in [1.29, 1.82) is 0 Å². The molecule has 18 heavy (non-hydrogen) atoms. The number of benzene rings is 1. The van der Waals surface area contributed by atoms with Crippen LogP contribution in [0.15, 0.2) is 30.3 Å². The van der Waals surface area contributed by atoms with Crippen LogP contribution in [0.5, 0.6) is 0 Å². The van der Waals surface area contributed by atoms with Crippen LogP contribution in [0.25, 0.3) is 0 Å². The van der Waals surface area contributed by atoms with E-state index in [1.807, 2.05) is 51.1 Å². The molecule has 1 aromatic carbocycles. The van der Waals surface area contributed by atoms with E-state index in [1.165, 1.54) is 0 Å². The average molecular weight is 249 g/mol. The first-order valence-corrected chi connectivity index (χ1v) is 6.11. The number of ether oxygens (including phenoxy) is 1. The van der Waals surface area contributed by atoms with Crippen LogP contribution in [0.3, 0.4) is 0 Å². The highest BCUT2D eigenvalue weighted by molar-refractivity contribution is 5.73. The Morgan fingerprint density at radius 2 is 1.94 bits per heavy atom. The molecule has 1 aromatic rings. The summed E-state index contributed by atoms with van der Waals surface area (Å²) in [5.41, 5.74) is 0.517. The van der Waals surface area contributed by atoms with Crippen LogP contribution in [0.4, 0.5) is 4.79 Å². The fourth-order valence-corrected chi connectivity index (χ4v) is 2.06. The number of carbonyl (C=O) groups excluding carboxylic acids is 1. The van der Waals surface area contributed by atoms with E-state index < -0.39 is 5.60 Å². The highest BCUT2D eigenvalue weighted by Crippen LogP contribution is 2.43. The highest BCUT2D eigenvalue weighted by Gasteiger charge is 2.52. The summed E-state index contributed by atoms with van der Waals surface area (Å²) >= 11 is 0. The molecule has 1 fully saturated rings. The van der Waals surface area contributed by atoms with Crippen molar-refractivity contribution in [2.24, 2.45) is 0 Å². The van der Waals surface area contributed by atoms with Crippen molar-refractivity contribution in [3.8, 4) is 0 Å². The van der Waals surface area contributed by atoms with Gasteiger partial charge in [-0.15, -0.1) is 0 Å². The summed E-state index contributed by atoms with van der Waals surface area (Å²) in [5, 5.41) is 9.31. The molecule has 1 amide bonds. The second-order valence-corrected chi connectivity index (χ2v) is 5.49. The highest BCUT2D eigenvalue weighted by atomic mass is 16.6. The van der Waals surface area contributed by atoms with Crippen LogP contribution in [0, 0.1) is 0 Å². The Morgan fingerprint density at radius 3 is 2.44 bits per heavy atom. The van der Waals surface area contributed by atoms with E-state index in [4.69, 9.17) is 4.74 Å². The predicted molar refractivity (Wildman–Crippen MR) is 68.1 cm³/mol.